The van der Waals surface area contributed by atoms with Gasteiger partial charge in [-0.15, -0.1) is 0 Å². The van der Waals surface area contributed by atoms with Crippen LogP contribution in [0.2, 0.25) is 0 Å². The van der Waals surface area contributed by atoms with E-state index in [0.29, 0.717) is 6.04 Å². The van der Waals surface area contributed by atoms with Gasteiger partial charge in [-0.05, 0) is 49.4 Å². The summed E-state index contributed by atoms with van der Waals surface area (Å²) in [4.78, 5) is 0. The predicted octanol–water partition coefficient (Wildman–Crippen LogP) is 2.31. The quantitative estimate of drug-likeness (QED) is 0.799. The highest BCUT2D eigenvalue weighted by atomic mass is 15.0. The van der Waals surface area contributed by atoms with Crippen LogP contribution in [0.3, 0.4) is 0 Å². The fourth-order valence-electron chi connectivity index (χ4n) is 2.68. The molecule has 1 aromatic rings. The van der Waals surface area contributed by atoms with Gasteiger partial charge in [-0.1, -0.05) is 25.1 Å². The maximum atomic E-state index is 6.21. The Balaban J connectivity index is 2.31. The average Bonchev–Trinajstić information content (AvgIpc) is 2.31. The first-order chi connectivity index (χ1) is 7.74. The van der Waals surface area contributed by atoms with Crippen molar-refractivity contribution in [3.63, 3.8) is 0 Å². The van der Waals surface area contributed by atoms with Crippen LogP contribution in [-0.4, -0.2) is 12.6 Å². The molecule has 1 heterocycles. The molecule has 1 aliphatic rings. The maximum absolute atomic E-state index is 6.21. The summed E-state index contributed by atoms with van der Waals surface area (Å²) in [6.45, 7) is 5.52. The molecule has 16 heavy (non-hydrogen) atoms. The molecule has 2 nitrogen and oxygen atoms in total. The van der Waals surface area contributed by atoms with Gasteiger partial charge in [0.25, 0.3) is 0 Å². The lowest BCUT2D eigenvalue weighted by molar-refractivity contribution is 0.357. The molecule has 1 fully saturated rings. The van der Waals surface area contributed by atoms with Crippen molar-refractivity contribution in [1.29, 1.82) is 0 Å². The lowest BCUT2D eigenvalue weighted by atomic mass is 9.88. The molecule has 2 unspecified atom stereocenters. The van der Waals surface area contributed by atoms with Gasteiger partial charge in [0, 0.05) is 12.1 Å². The van der Waals surface area contributed by atoms with E-state index in [4.69, 9.17) is 5.73 Å². The third-order valence-corrected chi connectivity index (χ3v) is 3.71. The van der Waals surface area contributed by atoms with E-state index in [9.17, 15) is 0 Å². The Morgan fingerprint density at radius 2 is 2.25 bits per heavy atom. The summed E-state index contributed by atoms with van der Waals surface area (Å²) in [6, 6.07) is 7.20. The molecule has 2 rings (SSSR count). The minimum atomic E-state index is 0.263. The van der Waals surface area contributed by atoms with Crippen LogP contribution in [0.4, 0.5) is 0 Å². The zero-order valence-electron chi connectivity index (χ0n) is 10.3. The molecular formula is C14H22N2. The molecule has 0 aliphatic carbocycles. The summed E-state index contributed by atoms with van der Waals surface area (Å²) in [7, 11) is 0. The summed E-state index contributed by atoms with van der Waals surface area (Å²) >= 11 is 0. The molecule has 0 saturated carbocycles. The first-order valence-corrected chi connectivity index (χ1v) is 6.31. The molecule has 0 aromatic heterocycles. The van der Waals surface area contributed by atoms with E-state index in [2.05, 4.69) is 37.4 Å². The summed E-state index contributed by atoms with van der Waals surface area (Å²) in [5, 5.41) is 3.55. The third-order valence-electron chi connectivity index (χ3n) is 3.71. The SMILES string of the molecule is CCc1cccc(C2NCCCC2N)c1C. The van der Waals surface area contributed by atoms with E-state index in [1.807, 2.05) is 0 Å². The Labute approximate surface area is 98.2 Å². The van der Waals surface area contributed by atoms with Crippen LogP contribution in [0, 0.1) is 6.92 Å². The van der Waals surface area contributed by atoms with Crippen molar-refractivity contribution in [2.45, 2.75) is 45.2 Å². The topological polar surface area (TPSA) is 38.0 Å². The van der Waals surface area contributed by atoms with Gasteiger partial charge in [-0.2, -0.15) is 0 Å². The van der Waals surface area contributed by atoms with Crippen LogP contribution in [0.25, 0.3) is 0 Å². The number of nitrogens with two attached hydrogens (primary N) is 1. The normalized spacial score (nSPS) is 25.7. The Kier molecular flexibility index (Phi) is 3.62. The van der Waals surface area contributed by atoms with Crippen LogP contribution in [0.5, 0.6) is 0 Å². The first-order valence-electron chi connectivity index (χ1n) is 6.31. The number of nitrogens with one attached hydrogen (secondary N) is 1. The van der Waals surface area contributed by atoms with Gasteiger partial charge >= 0.3 is 0 Å². The van der Waals surface area contributed by atoms with Crippen LogP contribution >= 0.6 is 0 Å². The van der Waals surface area contributed by atoms with Gasteiger partial charge in [0.15, 0.2) is 0 Å². The van der Waals surface area contributed by atoms with E-state index in [0.717, 1.165) is 19.4 Å². The Bertz CT molecular complexity index is 360. The highest BCUT2D eigenvalue weighted by molar-refractivity contribution is 5.37. The molecular weight excluding hydrogens is 196 g/mol. The number of rotatable bonds is 2. The molecule has 1 aromatic carbocycles. The fourth-order valence-corrected chi connectivity index (χ4v) is 2.68. The third kappa shape index (κ3) is 2.13. The smallest absolute Gasteiger partial charge is 0.0476 e. The second kappa shape index (κ2) is 4.98. The van der Waals surface area contributed by atoms with Crippen LogP contribution in [0.15, 0.2) is 18.2 Å². The van der Waals surface area contributed by atoms with E-state index in [-0.39, 0.29) is 6.04 Å². The Morgan fingerprint density at radius 1 is 1.44 bits per heavy atom. The number of hydrogen-bond acceptors (Lipinski definition) is 2. The number of piperidine rings is 1. The molecule has 2 heteroatoms. The summed E-state index contributed by atoms with van der Waals surface area (Å²) in [6.07, 6.45) is 3.43. The fraction of sp³-hybridized carbons (Fsp3) is 0.571. The van der Waals surface area contributed by atoms with Crippen LogP contribution in [-0.2, 0) is 6.42 Å². The highest BCUT2D eigenvalue weighted by Crippen LogP contribution is 2.26. The van der Waals surface area contributed by atoms with E-state index < -0.39 is 0 Å². The van der Waals surface area contributed by atoms with Crippen molar-refractivity contribution in [1.82, 2.24) is 5.32 Å². The van der Waals surface area contributed by atoms with Crippen molar-refractivity contribution in [2.24, 2.45) is 5.73 Å². The summed E-state index contributed by atoms with van der Waals surface area (Å²) in [5.41, 5.74) is 10.5. The summed E-state index contributed by atoms with van der Waals surface area (Å²) < 4.78 is 0. The van der Waals surface area contributed by atoms with Crippen molar-refractivity contribution in [3.05, 3.63) is 34.9 Å². The monoisotopic (exact) mass is 218 g/mol. The van der Waals surface area contributed by atoms with Crippen molar-refractivity contribution < 1.29 is 0 Å². The van der Waals surface area contributed by atoms with Gasteiger partial charge in [0.2, 0.25) is 0 Å². The molecule has 0 radical (unpaired) electrons. The first kappa shape index (κ1) is 11.6. The molecule has 1 aliphatic heterocycles. The molecule has 0 amide bonds. The van der Waals surface area contributed by atoms with E-state index in [1.165, 1.54) is 23.1 Å². The average molecular weight is 218 g/mol. The Hall–Kier alpha value is -0.860. The molecule has 88 valence electrons. The van der Waals surface area contributed by atoms with Crippen LogP contribution in [0.1, 0.15) is 42.5 Å². The molecule has 0 bridgehead atoms. The molecule has 3 N–H and O–H groups in total. The number of hydrogen-bond donors (Lipinski definition) is 2. The standard InChI is InChI=1S/C14H22N2/c1-3-11-6-4-7-12(10(11)2)14-13(15)8-5-9-16-14/h4,6-7,13-14,16H,3,5,8-9,15H2,1-2H3. The zero-order valence-corrected chi connectivity index (χ0v) is 10.3. The lowest BCUT2D eigenvalue weighted by Crippen LogP contribution is -2.43. The number of benzene rings is 1. The van der Waals surface area contributed by atoms with Gasteiger partial charge in [-0.25, -0.2) is 0 Å². The highest BCUT2D eigenvalue weighted by Gasteiger charge is 2.24. The summed E-state index contributed by atoms with van der Waals surface area (Å²) in [5.74, 6) is 0. The van der Waals surface area contributed by atoms with Crippen molar-refractivity contribution in [3.8, 4) is 0 Å². The lowest BCUT2D eigenvalue weighted by Gasteiger charge is -2.31. The van der Waals surface area contributed by atoms with Gasteiger partial charge < -0.3 is 11.1 Å². The van der Waals surface area contributed by atoms with E-state index >= 15 is 0 Å². The number of aryl methyl sites for hydroxylation is 1. The van der Waals surface area contributed by atoms with Crippen molar-refractivity contribution in [2.75, 3.05) is 6.54 Å². The predicted molar refractivity (Wildman–Crippen MR) is 68.5 cm³/mol. The van der Waals surface area contributed by atoms with Crippen molar-refractivity contribution >= 4 is 0 Å². The van der Waals surface area contributed by atoms with Gasteiger partial charge in [-0.3, -0.25) is 0 Å². The zero-order chi connectivity index (χ0) is 11.5. The Morgan fingerprint density at radius 3 is 2.94 bits per heavy atom. The largest absolute Gasteiger partial charge is 0.326 e. The van der Waals surface area contributed by atoms with E-state index in [1.54, 1.807) is 0 Å². The second-order valence-corrected chi connectivity index (χ2v) is 4.72. The molecule has 1 saturated heterocycles. The minimum Gasteiger partial charge on any atom is -0.326 e. The molecule has 0 spiro atoms. The maximum Gasteiger partial charge on any atom is 0.0476 e. The van der Waals surface area contributed by atoms with Crippen LogP contribution < -0.4 is 11.1 Å². The van der Waals surface area contributed by atoms with Gasteiger partial charge in [0.1, 0.15) is 0 Å². The van der Waals surface area contributed by atoms with Gasteiger partial charge in [0.05, 0.1) is 0 Å². The minimum absolute atomic E-state index is 0.263. The molecule has 2 atom stereocenters. The second-order valence-electron chi connectivity index (χ2n) is 4.72.